The first-order valence-corrected chi connectivity index (χ1v) is 6.07. The minimum atomic E-state index is -0.472. The van der Waals surface area contributed by atoms with Gasteiger partial charge in [0.1, 0.15) is 0 Å². The summed E-state index contributed by atoms with van der Waals surface area (Å²) in [6.45, 7) is 1.70. The summed E-state index contributed by atoms with van der Waals surface area (Å²) in [6, 6.07) is 9.20. The molecule has 0 atom stereocenters. The molecular weight excluding hydrogens is 272 g/mol. The molecule has 0 bridgehead atoms. The van der Waals surface area contributed by atoms with Crippen LogP contribution in [-0.2, 0) is 0 Å². The summed E-state index contributed by atoms with van der Waals surface area (Å²) in [4.78, 5) is 25.7. The van der Waals surface area contributed by atoms with Crippen molar-refractivity contribution in [2.24, 2.45) is 5.10 Å². The van der Waals surface area contributed by atoms with Gasteiger partial charge in [-0.2, -0.15) is 5.10 Å². The molecule has 0 unspecified atom stereocenters. The fourth-order valence-electron chi connectivity index (χ4n) is 1.59. The van der Waals surface area contributed by atoms with Gasteiger partial charge in [0.25, 0.3) is 11.6 Å². The lowest BCUT2D eigenvalue weighted by Gasteiger charge is -2.02. The number of aromatic nitrogens is 1. The van der Waals surface area contributed by atoms with Crippen molar-refractivity contribution in [2.75, 3.05) is 0 Å². The Balaban J connectivity index is 2.07. The van der Waals surface area contributed by atoms with Crippen LogP contribution in [0.4, 0.5) is 5.69 Å². The Bertz CT molecular complexity index is 681. The van der Waals surface area contributed by atoms with E-state index in [1.54, 1.807) is 37.4 Å². The molecule has 1 N–H and O–H groups in total. The Morgan fingerprint density at radius 2 is 1.95 bits per heavy atom. The van der Waals surface area contributed by atoms with Gasteiger partial charge in [-0.25, -0.2) is 5.43 Å². The zero-order valence-corrected chi connectivity index (χ0v) is 11.2. The second-order valence-corrected chi connectivity index (χ2v) is 4.18. The predicted molar refractivity (Wildman–Crippen MR) is 77.0 cm³/mol. The average Bonchev–Trinajstić information content (AvgIpc) is 2.53. The van der Waals surface area contributed by atoms with E-state index >= 15 is 0 Å². The average molecular weight is 284 g/mol. The van der Waals surface area contributed by atoms with Crippen molar-refractivity contribution in [3.63, 3.8) is 0 Å². The summed E-state index contributed by atoms with van der Waals surface area (Å²) in [7, 11) is 0. The van der Waals surface area contributed by atoms with E-state index in [1.165, 1.54) is 18.3 Å². The van der Waals surface area contributed by atoms with Gasteiger partial charge in [0, 0.05) is 24.5 Å². The van der Waals surface area contributed by atoms with E-state index in [0.29, 0.717) is 16.8 Å². The van der Waals surface area contributed by atoms with Crippen LogP contribution in [-0.4, -0.2) is 21.5 Å². The molecular formula is C14H12N4O3. The molecule has 2 aromatic rings. The molecule has 2 rings (SSSR count). The van der Waals surface area contributed by atoms with E-state index in [1.807, 2.05) is 0 Å². The molecule has 0 spiro atoms. The van der Waals surface area contributed by atoms with E-state index < -0.39 is 4.92 Å². The topological polar surface area (TPSA) is 97.5 Å². The molecule has 0 saturated carbocycles. The van der Waals surface area contributed by atoms with Crippen molar-refractivity contribution >= 4 is 17.3 Å². The highest BCUT2D eigenvalue weighted by Gasteiger charge is 2.07. The molecule has 106 valence electrons. The number of rotatable bonds is 4. The standard InChI is InChI=1S/C14H12N4O3/c1-10(11-4-6-13(7-5-11)18(20)21)16-17-14(19)12-3-2-8-15-9-12/h2-9H,1H3,(H,17,19)/b16-10-. The molecule has 1 aromatic carbocycles. The summed E-state index contributed by atoms with van der Waals surface area (Å²) in [6.07, 6.45) is 3.01. The van der Waals surface area contributed by atoms with Crippen molar-refractivity contribution in [3.8, 4) is 0 Å². The highest BCUT2D eigenvalue weighted by atomic mass is 16.6. The van der Waals surface area contributed by atoms with Crippen molar-refractivity contribution in [3.05, 3.63) is 70.0 Å². The number of nitro benzene ring substituents is 1. The molecule has 1 aromatic heterocycles. The Morgan fingerprint density at radius 1 is 1.24 bits per heavy atom. The molecule has 7 nitrogen and oxygen atoms in total. The highest BCUT2D eigenvalue weighted by molar-refractivity contribution is 6.00. The maximum absolute atomic E-state index is 11.8. The summed E-state index contributed by atoms with van der Waals surface area (Å²) >= 11 is 0. The first kappa shape index (κ1) is 14.3. The Labute approximate surface area is 120 Å². The Morgan fingerprint density at radius 3 is 2.52 bits per heavy atom. The maximum atomic E-state index is 11.8. The van der Waals surface area contributed by atoms with Gasteiger partial charge in [-0.05, 0) is 36.8 Å². The van der Waals surface area contributed by atoms with Crippen molar-refractivity contribution in [1.82, 2.24) is 10.4 Å². The van der Waals surface area contributed by atoms with Crippen LogP contribution in [0.1, 0.15) is 22.8 Å². The highest BCUT2D eigenvalue weighted by Crippen LogP contribution is 2.12. The summed E-state index contributed by atoms with van der Waals surface area (Å²) in [5, 5.41) is 14.5. The number of carbonyl (C=O) groups is 1. The zero-order chi connectivity index (χ0) is 15.2. The van der Waals surface area contributed by atoms with Crippen molar-refractivity contribution < 1.29 is 9.72 Å². The van der Waals surface area contributed by atoms with Crippen LogP contribution in [0.5, 0.6) is 0 Å². The number of pyridine rings is 1. The minimum absolute atomic E-state index is 0.00551. The smallest absolute Gasteiger partial charge is 0.267 e. The van der Waals surface area contributed by atoms with Crippen LogP contribution in [0.3, 0.4) is 0 Å². The van der Waals surface area contributed by atoms with E-state index in [4.69, 9.17) is 0 Å². The second-order valence-electron chi connectivity index (χ2n) is 4.18. The first-order valence-electron chi connectivity index (χ1n) is 6.07. The molecule has 21 heavy (non-hydrogen) atoms. The van der Waals surface area contributed by atoms with E-state index in [-0.39, 0.29) is 11.6 Å². The number of hydrogen-bond donors (Lipinski definition) is 1. The molecule has 1 amide bonds. The van der Waals surface area contributed by atoms with Gasteiger partial charge in [0.2, 0.25) is 0 Å². The number of hydrazone groups is 1. The second kappa shape index (κ2) is 6.38. The third-order valence-electron chi connectivity index (χ3n) is 2.74. The molecule has 0 aliphatic rings. The van der Waals surface area contributed by atoms with Gasteiger partial charge in [-0.15, -0.1) is 0 Å². The number of nitrogens with zero attached hydrogens (tertiary/aromatic N) is 3. The Hall–Kier alpha value is -3.09. The number of nitrogens with one attached hydrogen (secondary N) is 1. The molecule has 1 heterocycles. The fraction of sp³-hybridized carbons (Fsp3) is 0.0714. The van der Waals surface area contributed by atoms with Gasteiger partial charge in [0.05, 0.1) is 16.2 Å². The van der Waals surface area contributed by atoms with Gasteiger partial charge in [-0.1, -0.05) is 0 Å². The largest absolute Gasteiger partial charge is 0.272 e. The predicted octanol–water partition coefficient (Wildman–Crippen LogP) is 2.14. The van der Waals surface area contributed by atoms with Gasteiger partial charge in [0.15, 0.2) is 0 Å². The van der Waals surface area contributed by atoms with Gasteiger partial charge >= 0.3 is 0 Å². The zero-order valence-electron chi connectivity index (χ0n) is 11.2. The van der Waals surface area contributed by atoms with Crippen molar-refractivity contribution in [2.45, 2.75) is 6.92 Å². The first-order chi connectivity index (χ1) is 10.1. The van der Waals surface area contributed by atoms with E-state index in [0.717, 1.165) is 0 Å². The molecule has 0 fully saturated rings. The lowest BCUT2D eigenvalue weighted by molar-refractivity contribution is -0.384. The van der Waals surface area contributed by atoms with Crippen LogP contribution in [0.2, 0.25) is 0 Å². The van der Waals surface area contributed by atoms with Crippen LogP contribution in [0, 0.1) is 10.1 Å². The molecule has 7 heteroatoms. The molecule has 0 aliphatic heterocycles. The summed E-state index contributed by atoms with van der Waals surface area (Å²) in [5.41, 5.74) is 4.05. The van der Waals surface area contributed by atoms with Gasteiger partial charge in [-0.3, -0.25) is 19.9 Å². The number of nitro groups is 1. The van der Waals surface area contributed by atoms with Crippen LogP contribution < -0.4 is 5.43 Å². The number of hydrogen-bond acceptors (Lipinski definition) is 5. The third kappa shape index (κ3) is 3.69. The molecule has 0 aliphatic carbocycles. The fourth-order valence-corrected chi connectivity index (χ4v) is 1.59. The van der Waals surface area contributed by atoms with Crippen molar-refractivity contribution in [1.29, 1.82) is 0 Å². The van der Waals surface area contributed by atoms with Crippen LogP contribution in [0.15, 0.2) is 53.9 Å². The van der Waals surface area contributed by atoms with E-state index in [2.05, 4.69) is 15.5 Å². The lowest BCUT2D eigenvalue weighted by atomic mass is 10.1. The summed E-state index contributed by atoms with van der Waals surface area (Å²) < 4.78 is 0. The summed E-state index contributed by atoms with van der Waals surface area (Å²) in [5.74, 6) is -0.371. The van der Waals surface area contributed by atoms with Crippen LogP contribution in [0.25, 0.3) is 0 Å². The van der Waals surface area contributed by atoms with E-state index in [9.17, 15) is 14.9 Å². The normalized spacial score (nSPS) is 11.0. The Kier molecular flexibility index (Phi) is 4.35. The lowest BCUT2D eigenvalue weighted by Crippen LogP contribution is -2.19. The molecule has 0 radical (unpaired) electrons. The van der Waals surface area contributed by atoms with Gasteiger partial charge < -0.3 is 0 Å². The number of carbonyl (C=O) groups excluding carboxylic acids is 1. The number of amides is 1. The SMILES string of the molecule is C/C(=N/NC(=O)c1cccnc1)c1ccc([N+](=O)[O-])cc1. The molecule has 0 saturated heterocycles. The monoisotopic (exact) mass is 284 g/mol. The number of non-ortho nitro benzene ring substituents is 1. The third-order valence-corrected chi connectivity index (χ3v) is 2.74. The minimum Gasteiger partial charge on any atom is -0.267 e. The van der Waals surface area contributed by atoms with Crippen LogP contribution >= 0.6 is 0 Å². The quantitative estimate of drug-likeness (QED) is 0.528. The number of benzene rings is 1. The maximum Gasteiger partial charge on any atom is 0.272 e.